The molecule has 4 heterocycles. The summed E-state index contributed by atoms with van der Waals surface area (Å²) in [5, 5.41) is 8.17. The molecule has 0 saturated carbocycles. The number of carbonyl (C=O) groups is 1. The number of carbonyl (C=O) groups excluding carboxylic acids is 1. The number of nitrogens with zero attached hydrogens (tertiary/aromatic N) is 5. The van der Waals surface area contributed by atoms with Gasteiger partial charge in [0.1, 0.15) is 5.82 Å². The molecule has 1 aliphatic heterocycles. The molecule has 9 heteroatoms. The Balaban J connectivity index is 1.36. The van der Waals surface area contributed by atoms with Gasteiger partial charge in [-0.05, 0) is 37.5 Å². The first kappa shape index (κ1) is 19.2. The highest BCUT2D eigenvalue weighted by Crippen LogP contribution is 2.26. The van der Waals surface area contributed by atoms with Crippen molar-refractivity contribution in [3.8, 4) is 0 Å². The van der Waals surface area contributed by atoms with Crippen LogP contribution < -0.4 is 5.56 Å². The van der Waals surface area contributed by atoms with Gasteiger partial charge in [-0.3, -0.25) is 9.59 Å². The number of aryl methyl sites for hydroxylation is 1. The third-order valence-electron chi connectivity index (χ3n) is 5.75. The third kappa shape index (κ3) is 3.74. The Hall–Kier alpha value is -3.75. The van der Waals surface area contributed by atoms with E-state index in [0.29, 0.717) is 49.7 Å². The van der Waals surface area contributed by atoms with Crippen molar-refractivity contribution in [2.45, 2.75) is 32.2 Å². The van der Waals surface area contributed by atoms with Crippen LogP contribution in [0.4, 0.5) is 0 Å². The summed E-state index contributed by atoms with van der Waals surface area (Å²) in [5.74, 6) is 0.911. The van der Waals surface area contributed by atoms with Crippen LogP contribution in [-0.4, -0.2) is 48.9 Å². The lowest BCUT2D eigenvalue weighted by Crippen LogP contribution is -2.38. The first-order valence-corrected chi connectivity index (χ1v) is 10.3. The summed E-state index contributed by atoms with van der Waals surface area (Å²) in [5.41, 5.74) is 2.67. The Morgan fingerprint density at radius 2 is 1.97 bits per heavy atom. The van der Waals surface area contributed by atoms with E-state index in [1.54, 1.807) is 21.7 Å². The number of piperidine rings is 1. The molecule has 5 rings (SSSR count). The standard InChI is InChI=1S/C22H22N6O3/c1-14-4-6-15(7-5-14)13-28-20-18(25-26-28)21(29)24-19(23-20)16-8-10-27(11-9-16)22(30)17-3-2-12-31-17/h2-7,12,16H,8-11,13H2,1H3,(H,23,24,29). The van der Waals surface area contributed by atoms with Crippen molar-refractivity contribution in [2.75, 3.05) is 13.1 Å². The summed E-state index contributed by atoms with van der Waals surface area (Å²) >= 11 is 0. The fraction of sp³-hybridized carbons (Fsp3) is 0.318. The van der Waals surface area contributed by atoms with Gasteiger partial charge in [-0.15, -0.1) is 5.10 Å². The monoisotopic (exact) mass is 418 g/mol. The molecule has 1 N–H and O–H groups in total. The fourth-order valence-electron chi connectivity index (χ4n) is 3.96. The van der Waals surface area contributed by atoms with Gasteiger partial charge >= 0.3 is 0 Å². The number of hydrogen-bond acceptors (Lipinski definition) is 6. The Morgan fingerprint density at radius 1 is 1.19 bits per heavy atom. The number of nitrogens with one attached hydrogen (secondary N) is 1. The van der Waals surface area contributed by atoms with Crippen molar-refractivity contribution in [1.29, 1.82) is 0 Å². The molecule has 1 aliphatic rings. The summed E-state index contributed by atoms with van der Waals surface area (Å²) in [6.07, 6.45) is 2.92. The smallest absolute Gasteiger partial charge is 0.289 e. The summed E-state index contributed by atoms with van der Waals surface area (Å²) in [6, 6.07) is 11.5. The summed E-state index contributed by atoms with van der Waals surface area (Å²) in [7, 11) is 0. The van der Waals surface area contributed by atoms with E-state index in [1.807, 2.05) is 31.2 Å². The molecule has 1 aromatic carbocycles. The average molecular weight is 418 g/mol. The quantitative estimate of drug-likeness (QED) is 0.545. The Morgan fingerprint density at radius 3 is 2.68 bits per heavy atom. The minimum Gasteiger partial charge on any atom is -0.459 e. The first-order chi connectivity index (χ1) is 15.1. The Kier molecular flexibility index (Phi) is 4.85. The number of likely N-dealkylation sites (tertiary alicyclic amines) is 1. The third-order valence-corrected chi connectivity index (χ3v) is 5.75. The fourth-order valence-corrected chi connectivity index (χ4v) is 3.96. The zero-order valence-corrected chi connectivity index (χ0v) is 17.1. The lowest BCUT2D eigenvalue weighted by atomic mass is 9.95. The van der Waals surface area contributed by atoms with Crippen molar-refractivity contribution < 1.29 is 9.21 Å². The van der Waals surface area contributed by atoms with Crippen LogP contribution in [0.1, 0.15) is 46.3 Å². The molecule has 0 atom stereocenters. The maximum Gasteiger partial charge on any atom is 0.289 e. The largest absolute Gasteiger partial charge is 0.459 e. The van der Waals surface area contributed by atoms with E-state index in [0.717, 1.165) is 5.56 Å². The number of amides is 1. The second kappa shape index (κ2) is 7.82. The number of H-pyrrole nitrogens is 1. The molecule has 4 aromatic rings. The predicted molar refractivity (Wildman–Crippen MR) is 113 cm³/mol. The van der Waals surface area contributed by atoms with Gasteiger partial charge in [0.25, 0.3) is 11.5 Å². The maximum atomic E-state index is 12.6. The average Bonchev–Trinajstić information content (AvgIpc) is 3.46. The number of rotatable bonds is 4. The van der Waals surface area contributed by atoms with Crippen LogP contribution in [-0.2, 0) is 6.54 Å². The van der Waals surface area contributed by atoms with Gasteiger partial charge in [-0.1, -0.05) is 35.0 Å². The first-order valence-electron chi connectivity index (χ1n) is 10.3. The molecular weight excluding hydrogens is 396 g/mol. The molecule has 1 amide bonds. The zero-order valence-electron chi connectivity index (χ0n) is 17.1. The second-order valence-electron chi connectivity index (χ2n) is 7.90. The van der Waals surface area contributed by atoms with Gasteiger partial charge in [0.15, 0.2) is 16.9 Å². The van der Waals surface area contributed by atoms with Crippen molar-refractivity contribution >= 4 is 17.1 Å². The minimum absolute atomic E-state index is 0.0560. The lowest BCUT2D eigenvalue weighted by Gasteiger charge is -2.30. The van der Waals surface area contributed by atoms with Crippen molar-refractivity contribution in [1.82, 2.24) is 29.9 Å². The zero-order chi connectivity index (χ0) is 21.4. The normalized spacial score (nSPS) is 14.9. The van der Waals surface area contributed by atoms with Crippen LogP contribution in [0.3, 0.4) is 0 Å². The van der Waals surface area contributed by atoms with E-state index < -0.39 is 0 Å². The second-order valence-corrected chi connectivity index (χ2v) is 7.90. The van der Waals surface area contributed by atoms with E-state index in [4.69, 9.17) is 9.40 Å². The predicted octanol–water partition coefficient (Wildman–Crippen LogP) is 2.48. The van der Waals surface area contributed by atoms with Crippen molar-refractivity contribution in [2.24, 2.45) is 0 Å². The molecule has 1 fully saturated rings. The Labute approximate surface area is 177 Å². The molecule has 0 radical (unpaired) electrons. The van der Waals surface area contributed by atoms with E-state index in [1.165, 1.54) is 11.8 Å². The van der Waals surface area contributed by atoms with Gasteiger partial charge < -0.3 is 14.3 Å². The van der Waals surface area contributed by atoms with Crippen LogP contribution in [0.15, 0.2) is 51.9 Å². The number of benzene rings is 1. The van der Waals surface area contributed by atoms with Crippen LogP contribution in [0.25, 0.3) is 11.2 Å². The minimum atomic E-state index is -0.288. The maximum absolute atomic E-state index is 12.6. The lowest BCUT2D eigenvalue weighted by molar-refractivity contribution is 0.0679. The molecule has 0 bridgehead atoms. The number of furan rings is 1. The van der Waals surface area contributed by atoms with E-state index in [2.05, 4.69) is 15.3 Å². The van der Waals surface area contributed by atoms with Gasteiger partial charge in [0.05, 0.1) is 12.8 Å². The van der Waals surface area contributed by atoms with Gasteiger partial charge in [-0.25, -0.2) is 9.67 Å². The number of hydrogen-bond donors (Lipinski definition) is 1. The number of fused-ring (bicyclic) bond motifs is 1. The molecule has 158 valence electrons. The number of aromatic amines is 1. The SMILES string of the molecule is Cc1ccc(Cn2nnc3c(=O)[nH]c(C4CCN(C(=O)c5ccco5)CC4)nc32)cc1. The molecule has 0 aliphatic carbocycles. The van der Waals surface area contributed by atoms with Crippen molar-refractivity contribution in [3.05, 3.63) is 75.7 Å². The van der Waals surface area contributed by atoms with Gasteiger partial charge in [0.2, 0.25) is 0 Å². The molecule has 1 saturated heterocycles. The van der Waals surface area contributed by atoms with Crippen LogP contribution in [0.5, 0.6) is 0 Å². The molecule has 31 heavy (non-hydrogen) atoms. The highest BCUT2D eigenvalue weighted by molar-refractivity contribution is 5.91. The summed E-state index contributed by atoms with van der Waals surface area (Å²) in [4.78, 5) is 34.4. The molecule has 9 nitrogen and oxygen atoms in total. The van der Waals surface area contributed by atoms with Gasteiger partial charge in [-0.2, -0.15) is 0 Å². The van der Waals surface area contributed by atoms with Crippen molar-refractivity contribution in [3.63, 3.8) is 0 Å². The van der Waals surface area contributed by atoms with E-state index in [9.17, 15) is 9.59 Å². The van der Waals surface area contributed by atoms with Crippen LogP contribution >= 0.6 is 0 Å². The van der Waals surface area contributed by atoms with Gasteiger partial charge in [0, 0.05) is 19.0 Å². The molecular formula is C22H22N6O3. The molecule has 0 unspecified atom stereocenters. The van der Waals surface area contributed by atoms with E-state index in [-0.39, 0.29) is 22.9 Å². The summed E-state index contributed by atoms with van der Waals surface area (Å²) in [6.45, 7) is 3.68. The van der Waals surface area contributed by atoms with Crippen LogP contribution in [0, 0.1) is 6.92 Å². The Bertz CT molecular complexity index is 1270. The molecule has 0 spiro atoms. The highest BCUT2D eigenvalue weighted by atomic mass is 16.3. The molecule has 3 aromatic heterocycles. The van der Waals surface area contributed by atoms with Crippen LogP contribution in [0.2, 0.25) is 0 Å². The van der Waals surface area contributed by atoms with E-state index >= 15 is 0 Å². The number of aromatic nitrogens is 5. The topological polar surface area (TPSA) is 110 Å². The highest BCUT2D eigenvalue weighted by Gasteiger charge is 2.28. The summed E-state index contributed by atoms with van der Waals surface area (Å²) < 4.78 is 6.88.